The van der Waals surface area contributed by atoms with Crippen LogP contribution in [0.2, 0.25) is 0 Å². The summed E-state index contributed by atoms with van der Waals surface area (Å²) in [6.45, 7) is 0. The standard InChI is InChI=1S/C51H30N6O/c1-2-14-32(15-3-1)55-41-21-9-6-18-35(41)39-28-29-40-36-19-7-12-24-44(36)57(48(40)47(39)55)51-53-49(31-26-27-38-37-20-8-13-25-45(37)58-46(38)30-31)52-50(54-51)56-42-22-10-4-16-33(42)34-17-5-11-23-43(34)56/h1-30H. The molecule has 0 amide bonds. The molecule has 0 fully saturated rings. The molecule has 5 aromatic heterocycles. The number of hydrogen-bond acceptors (Lipinski definition) is 4. The first-order valence-corrected chi connectivity index (χ1v) is 19.5. The van der Waals surface area contributed by atoms with Crippen LogP contribution in [0, 0.1) is 0 Å². The molecule has 0 aliphatic heterocycles. The van der Waals surface area contributed by atoms with E-state index in [1.54, 1.807) is 0 Å². The quantitative estimate of drug-likeness (QED) is 0.180. The van der Waals surface area contributed by atoms with Crippen LogP contribution in [0.4, 0.5) is 0 Å². The van der Waals surface area contributed by atoms with Crippen molar-refractivity contribution in [1.29, 1.82) is 0 Å². The molecule has 0 aliphatic carbocycles. The second kappa shape index (κ2) is 11.7. The van der Waals surface area contributed by atoms with Gasteiger partial charge in [-0.1, -0.05) is 127 Å². The smallest absolute Gasteiger partial charge is 0.240 e. The van der Waals surface area contributed by atoms with Crippen LogP contribution in [0.5, 0.6) is 0 Å². The monoisotopic (exact) mass is 742 g/mol. The van der Waals surface area contributed by atoms with Crippen molar-refractivity contribution < 1.29 is 4.42 Å². The summed E-state index contributed by atoms with van der Waals surface area (Å²) in [7, 11) is 0. The number of furan rings is 1. The molecule has 0 spiro atoms. The molecule has 5 heterocycles. The fraction of sp³-hybridized carbons (Fsp3) is 0. The van der Waals surface area contributed by atoms with Crippen LogP contribution in [0.1, 0.15) is 0 Å². The lowest BCUT2D eigenvalue weighted by Gasteiger charge is -2.14. The van der Waals surface area contributed by atoms with Crippen LogP contribution in [-0.4, -0.2) is 28.7 Å². The molecule has 270 valence electrons. The van der Waals surface area contributed by atoms with Crippen LogP contribution in [0.15, 0.2) is 186 Å². The van der Waals surface area contributed by atoms with Gasteiger partial charge in [-0.05, 0) is 54.6 Å². The van der Waals surface area contributed by atoms with Gasteiger partial charge in [0.2, 0.25) is 11.9 Å². The predicted octanol–water partition coefficient (Wildman–Crippen LogP) is 12.7. The molecular weight excluding hydrogens is 713 g/mol. The first-order chi connectivity index (χ1) is 28.8. The van der Waals surface area contributed by atoms with Gasteiger partial charge in [0, 0.05) is 54.3 Å². The van der Waals surface area contributed by atoms with Crippen molar-refractivity contribution in [3.8, 4) is 29.0 Å². The zero-order valence-electron chi connectivity index (χ0n) is 30.9. The molecule has 0 radical (unpaired) electrons. The number of rotatable bonds is 4. The zero-order chi connectivity index (χ0) is 37.9. The number of para-hydroxylation sites is 6. The van der Waals surface area contributed by atoms with Crippen molar-refractivity contribution in [1.82, 2.24) is 28.7 Å². The van der Waals surface area contributed by atoms with Gasteiger partial charge in [0.05, 0.1) is 33.1 Å². The van der Waals surface area contributed by atoms with E-state index in [1.807, 2.05) is 18.2 Å². The van der Waals surface area contributed by atoms with Gasteiger partial charge in [-0.2, -0.15) is 15.0 Å². The van der Waals surface area contributed by atoms with Gasteiger partial charge in [-0.15, -0.1) is 0 Å². The summed E-state index contributed by atoms with van der Waals surface area (Å²) in [4.78, 5) is 16.2. The summed E-state index contributed by atoms with van der Waals surface area (Å²) >= 11 is 0. The highest BCUT2D eigenvalue weighted by atomic mass is 16.3. The maximum absolute atomic E-state index is 6.40. The van der Waals surface area contributed by atoms with Crippen LogP contribution in [0.3, 0.4) is 0 Å². The lowest BCUT2D eigenvalue weighted by molar-refractivity contribution is 0.669. The van der Waals surface area contributed by atoms with Crippen LogP contribution in [0.25, 0.3) is 116 Å². The summed E-state index contributed by atoms with van der Waals surface area (Å²) < 4.78 is 13.2. The minimum Gasteiger partial charge on any atom is -0.456 e. The molecule has 7 nitrogen and oxygen atoms in total. The van der Waals surface area contributed by atoms with E-state index < -0.39 is 0 Å². The Balaban J connectivity index is 1.19. The lowest BCUT2D eigenvalue weighted by Crippen LogP contribution is -2.10. The highest BCUT2D eigenvalue weighted by Gasteiger charge is 2.24. The van der Waals surface area contributed by atoms with Crippen molar-refractivity contribution in [2.75, 3.05) is 0 Å². The summed E-state index contributed by atoms with van der Waals surface area (Å²) in [5.41, 5.74) is 9.84. The highest BCUT2D eigenvalue weighted by Crippen LogP contribution is 2.42. The lowest BCUT2D eigenvalue weighted by atomic mass is 10.1. The highest BCUT2D eigenvalue weighted by molar-refractivity contribution is 6.23. The zero-order valence-corrected chi connectivity index (χ0v) is 30.9. The van der Waals surface area contributed by atoms with Gasteiger partial charge in [-0.25, -0.2) is 0 Å². The van der Waals surface area contributed by atoms with E-state index >= 15 is 0 Å². The Bertz CT molecular complexity index is 3760. The van der Waals surface area contributed by atoms with E-state index in [1.165, 1.54) is 5.39 Å². The molecule has 7 heteroatoms. The van der Waals surface area contributed by atoms with E-state index in [0.717, 1.165) is 93.2 Å². The Morgan fingerprint density at radius 1 is 0.328 bits per heavy atom. The Morgan fingerprint density at radius 3 is 1.41 bits per heavy atom. The van der Waals surface area contributed by atoms with Gasteiger partial charge in [0.15, 0.2) is 5.82 Å². The minimum absolute atomic E-state index is 0.523. The average molecular weight is 743 g/mol. The van der Waals surface area contributed by atoms with Crippen molar-refractivity contribution in [2.45, 2.75) is 0 Å². The Morgan fingerprint density at radius 2 is 0.776 bits per heavy atom. The SMILES string of the molecule is c1ccc(-n2c3ccccc3c3ccc4c5ccccc5n(-c5nc(-c6ccc7c(c6)oc6ccccc67)nc(-n6c7ccccc7c7ccccc76)n5)c4c32)cc1. The van der Waals surface area contributed by atoms with E-state index in [4.69, 9.17) is 19.4 Å². The number of hydrogen-bond donors (Lipinski definition) is 0. The molecule has 8 aromatic carbocycles. The summed E-state index contributed by atoms with van der Waals surface area (Å²) in [5.74, 6) is 1.60. The number of nitrogens with zero attached hydrogens (tertiary/aromatic N) is 6. The van der Waals surface area contributed by atoms with Gasteiger partial charge in [-0.3, -0.25) is 9.13 Å². The van der Waals surface area contributed by atoms with Crippen LogP contribution < -0.4 is 0 Å². The molecule has 0 aliphatic rings. The average Bonchev–Trinajstić information content (AvgIpc) is 4.03. The maximum Gasteiger partial charge on any atom is 0.240 e. The third kappa shape index (κ3) is 4.30. The second-order valence-corrected chi connectivity index (χ2v) is 14.8. The van der Waals surface area contributed by atoms with Crippen molar-refractivity contribution in [2.24, 2.45) is 0 Å². The Kier molecular flexibility index (Phi) is 6.32. The molecule has 0 bridgehead atoms. The van der Waals surface area contributed by atoms with Crippen LogP contribution in [-0.2, 0) is 0 Å². The molecular formula is C51H30N6O. The molecule has 58 heavy (non-hydrogen) atoms. The second-order valence-electron chi connectivity index (χ2n) is 14.8. The normalized spacial score (nSPS) is 12.1. The van der Waals surface area contributed by atoms with Gasteiger partial charge in [0.1, 0.15) is 11.2 Å². The molecule has 0 saturated heterocycles. The molecule has 0 atom stereocenters. The van der Waals surface area contributed by atoms with Gasteiger partial charge < -0.3 is 8.98 Å². The summed E-state index contributed by atoms with van der Waals surface area (Å²) in [5, 5.41) is 8.97. The number of aromatic nitrogens is 6. The van der Waals surface area contributed by atoms with E-state index in [2.05, 4.69) is 177 Å². The van der Waals surface area contributed by atoms with E-state index in [-0.39, 0.29) is 0 Å². The summed E-state index contributed by atoms with van der Waals surface area (Å²) in [6.07, 6.45) is 0. The largest absolute Gasteiger partial charge is 0.456 e. The summed E-state index contributed by atoms with van der Waals surface area (Å²) in [6, 6.07) is 63.7. The third-order valence-corrected chi connectivity index (χ3v) is 11.7. The first kappa shape index (κ1) is 31.2. The Hall–Kier alpha value is -8.03. The fourth-order valence-corrected chi connectivity index (χ4v) is 9.24. The van der Waals surface area contributed by atoms with E-state index in [9.17, 15) is 0 Å². The van der Waals surface area contributed by atoms with Gasteiger partial charge >= 0.3 is 0 Å². The molecule has 13 aromatic rings. The maximum atomic E-state index is 6.40. The topological polar surface area (TPSA) is 66.6 Å². The van der Waals surface area contributed by atoms with Crippen LogP contribution >= 0.6 is 0 Å². The first-order valence-electron chi connectivity index (χ1n) is 19.5. The molecule has 0 saturated carbocycles. The minimum atomic E-state index is 0.523. The van der Waals surface area contributed by atoms with Gasteiger partial charge in [0.25, 0.3) is 0 Å². The van der Waals surface area contributed by atoms with E-state index in [0.29, 0.717) is 17.7 Å². The fourth-order valence-electron chi connectivity index (χ4n) is 9.24. The Labute approximate surface area is 330 Å². The number of benzene rings is 8. The molecule has 13 rings (SSSR count). The molecule has 0 unspecified atom stereocenters. The van der Waals surface area contributed by atoms with Crippen molar-refractivity contribution in [3.63, 3.8) is 0 Å². The predicted molar refractivity (Wildman–Crippen MR) is 236 cm³/mol. The molecule has 0 N–H and O–H groups in total. The van der Waals surface area contributed by atoms with Crippen molar-refractivity contribution >= 4 is 87.4 Å². The van der Waals surface area contributed by atoms with Crippen molar-refractivity contribution in [3.05, 3.63) is 182 Å². The third-order valence-electron chi connectivity index (χ3n) is 11.7. The number of fused-ring (bicyclic) bond motifs is 13.